The van der Waals surface area contributed by atoms with E-state index in [2.05, 4.69) is 85.7 Å². The number of esters is 4. The van der Waals surface area contributed by atoms with Crippen LogP contribution in [0.1, 0.15) is 39.8 Å². The fourth-order valence-corrected chi connectivity index (χ4v) is 3.26. The molecule has 2 aliphatic rings. The Morgan fingerprint density at radius 2 is 0.895 bits per heavy atom. The molecule has 5 rings (SSSR count). The van der Waals surface area contributed by atoms with Gasteiger partial charge in [0.05, 0.1) is 12.3 Å². The summed E-state index contributed by atoms with van der Waals surface area (Å²) in [6.07, 6.45) is 2.97. The van der Waals surface area contributed by atoms with Gasteiger partial charge < -0.3 is 9.47 Å². The van der Waals surface area contributed by atoms with Gasteiger partial charge in [0.1, 0.15) is 0 Å². The number of hydrogen-bond donors (Lipinski definition) is 0. The molecule has 3 aromatic carbocycles. The van der Waals surface area contributed by atoms with Gasteiger partial charge in [-0.05, 0) is 46.6 Å². The Hall–Kier alpha value is -4.32. The van der Waals surface area contributed by atoms with Gasteiger partial charge in [0.15, 0.2) is 0 Å². The number of carbonyl (C=O) groups excluding carboxylic acids is 4. The normalized spacial score (nSPS) is 15.2. The van der Waals surface area contributed by atoms with Crippen LogP contribution in [0, 0.1) is 40.5 Å². The number of benzene rings is 3. The maximum atomic E-state index is 11.2. The summed E-state index contributed by atoms with van der Waals surface area (Å²) in [7, 11) is 0. The van der Waals surface area contributed by atoms with Crippen LogP contribution in [-0.4, -0.2) is 23.9 Å². The van der Waals surface area contributed by atoms with E-state index in [0.717, 1.165) is 17.7 Å². The number of carbonyl (C=O) groups is 4. The first kappa shape index (κ1) is 29.9. The van der Waals surface area contributed by atoms with E-state index in [9.17, 15) is 19.2 Å². The van der Waals surface area contributed by atoms with Crippen LogP contribution in [0.3, 0.4) is 0 Å². The number of hydrogen-bond acceptors (Lipinski definition) is 6. The van der Waals surface area contributed by atoms with Crippen molar-refractivity contribution in [3.05, 3.63) is 118 Å². The number of cyclic esters (lactones) is 4. The molecule has 0 radical (unpaired) electrons. The summed E-state index contributed by atoms with van der Waals surface area (Å²) < 4.78 is 8.46. The summed E-state index contributed by atoms with van der Waals surface area (Å²) in [5, 5.41) is 0. The van der Waals surface area contributed by atoms with Crippen molar-refractivity contribution < 1.29 is 28.7 Å². The molecule has 2 heterocycles. The predicted octanol–water partition coefficient (Wildman–Crippen LogP) is 5.86. The van der Waals surface area contributed by atoms with E-state index in [1.54, 1.807) is 0 Å². The van der Waals surface area contributed by atoms with Crippen LogP contribution in [0.25, 0.3) is 0 Å². The fourth-order valence-electron chi connectivity index (χ4n) is 3.26. The Balaban J connectivity index is 0.000000189. The van der Waals surface area contributed by atoms with Gasteiger partial charge in [-0.3, -0.25) is 9.59 Å². The molecule has 0 saturated carbocycles. The van der Waals surface area contributed by atoms with E-state index >= 15 is 0 Å². The van der Waals surface area contributed by atoms with Crippen LogP contribution >= 0.6 is 0 Å². The van der Waals surface area contributed by atoms with Gasteiger partial charge in [-0.1, -0.05) is 101 Å². The summed E-state index contributed by atoms with van der Waals surface area (Å²) in [6.45, 7) is 10.4. The van der Waals surface area contributed by atoms with E-state index < -0.39 is 17.9 Å². The molecule has 38 heavy (non-hydrogen) atoms. The molecule has 3 aromatic rings. The van der Waals surface area contributed by atoms with Gasteiger partial charge in [-0.15, -0.1) is 0 Å². The Labute approximate surface area is 224 Å². The van der Waals surface area contributed by atoms with Gasteiger partial charge >= 0.3 is 23.9 Å². The highest BCUT2D eigenvalue weighted by Crippen LogP contribution is 2.20. The standard InChI is InChI=1S/C12H12O3.2C8H10.C4H2O3/c1-8-2-4-9(5-3-8)6-10-7-11(13)15-12(10)14;2*1-7-3-5-8(2)6-4-7;5-3-1-2-4(6)7-3/h2-5,10H,6-7H2,1H3;2*3-6H,1-2H3;1-2H. The van der Waals surface area contributed by atoms with E-state index in [1.165, 1.54) is 27.8 Å². The second kappa shape index (κ2) is 15.1. The van der Waals surface area contributed by atoms with Gasteiger partial charge in [0.25, 0.3) is 0 Å². The van der Waals surface area contributed by atoms with E-state index in [4.69, 9.17) is 0 Å². The van der Waals surface area contributed by atoms with Crippen LogP contribution in [0.4, 0.5) is 0 Å². The first-order valence-electron chi connectivity index (χ1n) is 12.3. The van der Waals surface area contributed by atoms with Gasteiger partial charge in [0, 0.05) is 12.2 Å². The maximum Gasteiger partial charge on any atom is 0.338 e. The lowest BCUT2D eigenvalue weighted by atomic mass is 9.97. The summed E-state index contributed by atoms with van der Waals surface area (Å²) in [5.41, 5.74) is 7.57. The monoisotopic (exact) mass is 514 g/mol. The van der Waals surface area contributed by atoms with Crippen molar-refractivity contribution in [1.82, 2.24) is 0 Å². The quantitative estimate of drug-likeness (QED) is 0.314. The second-order valence-corrected chi connectivity index (χ2v) is 9.27. The first-order chi connectivity index (χ1) is 18.0. The van der Waals surface area contributed by atoms with Crippen LogP contribution in [0.15, 0.2) is 84.9 Å². The van der Waals surface area contributed by atoms with Crippen molar-refractivity contribution in [2.24, 2.45) is 5.92 Å². The molecule has 1 unspecified atom stereocenters. The molecule has 0 spiro atoms. The molecular weight excluding hydrogens is 480 g/mol. The van der Waals surface area contributed by atoms with E-state index in [0.29, 0.717) is 6.42 Å². The zero-order valence-corrected chi connectivity index (χ0v) is 22.5. The topological polar surface area (TPSA) is 86.7 Å². The van der Waals surface area contributed by atoms with Crippen LogP contribution in [0.2, 0.25) is 0 Å². The maximum absolute atomic E-state index is 11.2. The molecule has 2 aliphatic heterocycles. The van der Waals surface area contributed by atoms with Crippen molar-refractivity contribution in [2.75, 3.05) is 0 Å². The van der Waals surface area contributed by atoms with E-state index in [-0.39, 0.29) is 18.3 Å². The Morgan fingerprint density at radius 3 is 1.16 bits per heavy atom. The summed E-state index contributed by atoms with van der Waals surface area (Å²) in [6, 6.07) is 24.9. The van der Waals surface area contributed by atoms with Gasteiger partial charge in [-0.2, -0.15) is 0 Å². The fraction of sp³-hybridized carbons (Fsp3) is 0.250. The molecule has 6 heteroatoms. The molecule has 0 aliphatic carbocycles. The SMILES string of the molecule is Cc1ccc(C)cc1.Cc1ccc(C)cc1.Cc1ccc(CC2CC(=O)OC2=O)cc1.O=C1C=CC(=O)O1. The molecule has 6 nitrogen and oxygen atoms in total. The number of aryl methyl sites for hydroxylation is 5. The lowest BCUT2D eigenvalue weighted by Crippen LogP contribution is -2.10. The zero-order valence-electron chi connectivity index (χ0n) is 22.5. The van der Waals surface area contributed by atoms with Crippen molar-refractivity contribution in [2.45, 2.75) is 47.5 Å². The minimum atomic E-state index is -0.579. The third-order valence-corrected chi connectivity index (χ3v) is 5.56. The third kappa shape index (κ3) is 11.6. The van der Waals surface area contributed by atoms with Crippen LogP contribution in [-0.2, 0) is 35.1 Å². The largest absolute Gasteiger partial charge is 0.393 e. The number of ether oxygens (including phenoxy) is 2. The number of rotatable bonds is 2. The third-order valence-electron chi connectivity index (χ3n) is 5.56. The highest BCUT2D eigenvalue weighted by Gasteiger charge is 2.33. The lowest BCUT2D eigenvalue weighted by molar-refractivity contribution is -0.153. The molecule has 0 amide bonds. The van der Waals surface area contributed by atoms with Crippen molar-refractivity contribution in [1.29, 1.82) is 0 Å². The van der Waals surface area contributed by atoms with Crippen molar-refractivity contribution in [3.63, 3.8) is 0 Å². The second-order valence-electron chi connectivity index (χ2n) is 9.27. The zero-order chi connectivity index (χ0) is 28.1. The van der Waals surface area contributed by atoms with Crippen molar-refractivity contribution >= 4 is 23.9 Å². The van der Waals surface area contributed by atoms with Gasteiger partial charge in [-0.25, -0.2) is 9.59 Å². The van der Waals surface area contributed by atoms with E-state index in [1.807, 2.05) is 31.2 Å². The highest BCUT2D eigenvalue weighted by atomic mass is 16.6. The molecule has 1 fully saturated rings. The average molecular weight is 515 g/mol. The van der Waals surface area contributed by atoms with Crippen LogP contribution < -0.4 is 0 Å². The molecule has 198 valence electrons. The molecule has 1 saturated heterocycles. The molecule has 0 aromatic heterocycles. The van der Waals surface area contributed by atoms with Crippen molar-refractivity contribution in [3.8, 4) is 0 Å². The molecular formula is C32H34O6. The Morgan fingerprint density at radius 1 is 0.553 bits per heavy atom. The minimum Gasteiger partial charge on any atom is -0.393 e. The highest BCUT2D eigenvalue weighted by molar-refractivity contribution is 6.04. The minimum absolute atomic E-state index is 0.215. The Bertz CT molecular complexity index is 1150. The molecule has 1 atom stereocenters. The predicted molar refractivity (Wildman–Crippen MR) is 146 cm³/mol. The van der Waals surface area contributed by atoms with Crippen LogP contribution in [0.5, 0.6) is 0 Å². The molecule has 0 bridgehead atoms. The van der Waals surface area contributed by atoms with Gasteiger partial charge in [0.2, 0.25) is 0 Å². The first-order valence-corrected chi connectivity index (χ1v) is 12.3. The Kier molecular flexibility index (Phi) is 11.8. The average Bonchev–Trinajstić information content (AvgIpc) is 3.42. The molecule has 0 N–H and O–H groups in total. The summed E-state index contributed by atoms with van der Waals surface area (Å²) in [5.74, 6) is -2.24. The lowest BCUT2D eigenvalue weighted by Gasteiger charge is -2.04. The summed E-state index contributed by atoms with van der Waals surface area (Å²) >= 11 is 0. The summed E-state index contributed by atoms with van der Waals surface area (Å²) in [4.78, 5) is 41.9. The smallest absolute Gasteiger partial charge is 0.338 e.